The van der Waals surface area contributed by atoms with Crippen LogP contribution < -0.4 is 11.1 Å². The first-order chi connectivity index (χ1) is 9.31. The van der Waals surface area contributed by atoms with E-state index >= 15 is 0 Å². The predicted molar refractivity (Wildman–Crippen MR) is 74.3 cm³/mol. The lowest BCUT2D eigenvalue weighted by Gasteiger charge is -2.14. The summed E-state index contributed by atoms with van der Waals surface area (Å²) in [6.07, 6.45) is 1.15. The van der Waals surface area contributed by atoms with Gasteiger partial charge in [-0.2, -0.15) is 0 Å². The Morgan fingerprint density at radius 1 is 1.50 bits per heavy atom. The van der Waals surface area contributed by atoms with Crippen molar-refractivity contribution in [1.29, 1.82) is 0 Å². The first-order valence-corrected chi connectivity index (χ1v) is 6.61. The molecule has 9 heteroatoms. The summed E-state index contributed by atoms with van der Waals surface area (Å²) < 4.78 is 0.524. The molecule has 0 aliphatic carbocycles. The Bertz CT molecular complexity index is 552. The summed E-state index contributed by atoms with van der Waals surface area (Å²) in [5.41, 5.74) is 4.98. The van der Waals surface area contributed by atoms with Crippen LogP contribution in [-0.2, 0) is 9.59 Å². The third kappa shape index (κ3) is 4.78. The third-order valence-corrected chi connectivity index (χ3v) is 3.07. The van der Waals surface area contributed by atoms with E-state index in [1.165, 1.54) is 12.3 Å². The van der Waals surface area contributed by atoms with E-state index in [1.807, 2.05) is 0 Å². The monoisotopic (exact) mass is 363 g/mol. The largest absolute Gasteiger partial charge is 0.480 e. The van der Waals surface area contributed by atoms with Gasteiger partial charge in [0.05, 0.1) is 5.56 Å². The summed E-state index contributed by atoms with van der Waals surface area (Å²) in [7, 11) is 0. The number of carbonyl (C=O) groups is 3. The fourth-order valence-corrected chi connectivity index (χ4v) is 1.88. The van der Waals surface area contributed by atoms with Gasteiger partial charge in [0, 0.05) is 17.1 Å². The fourth-order valence-electron chi connectivity index (χ4n) is 1.36. The van der Waals surface area contributed by atoms with Crippen molar-refractivity contribution in [2.45, 2.75) is 18.9 Å². The molecule has 0 aliphatic rings. The number of amides is 2. The van der Waals surface area contributed by atoms with Crippen LogP contribution in [0.1, 0.15) is 23.2 Å². The number of carboxylic acids is 1. The third-order valence-electron chi connectivity index (χ3n) is 2.33. The molecule has 1 rings (SSSR count). The minimum absolute atomic E-state index is 0.0337. The Morgan fingerprint density at radius 3 is 2.70 bits per heavy atom. The number of rotatable bonds is 6. The van der Waals surface area contributed by atoms with Crippen molar-refractivity contribution in [2.24, 2.45) is 5.73 Å². The second-order valence-electron chi connectivity index (χ2n) is 3.86. The van der Waals surface area contributed by atoms with Gasteiger partial charge in [-0.3, -0.25) is 9.59 Å². The van der Waals surface area contributed by atoms with Crippen molar-refractivity contribution in [3.63, 3.8) is 0 Å². The van der Waals surface area contributed by atoms with Crippen molar-refractivity contribution in [1.82, 2.24) is 10.3 Å². The smallest absolute Gasteiger partial charge is 0.326 e. The lowest BCUT2D eigenvalue weighted by molar-refractivity contribution is -0.139. The van der Waals surface area contributed by atoms with E-state index < -0.39 is 23.8 Å². The second-order valence-corrected chi connectivity index (χ2v) is 5.13. The molecule has 0 radical (unpaired) electrons. The molecule has 0 fully saturated rings. The van der Waals surface area contributed by atoms with Gasteiger partial charge in [0.1, 0.15) is 11.2 Å². The average molecular weight is 365 g/mol. The highest BCUT2D eigenvalue weighted by Crippen LogP contribution is 2.18. The van der Waals surface area contributed by atoms with E-state index in [-0.39, 0.29) is 23.6 Å². The molecule has 1 aromatic rings. The summed E-state index contributed by atoms with van der Waals surface area (Å²) in [5, 5.41) is 11.2. The van der Waals surface area contributed by atoms with Crippen molar-refractivity contribution in [2.75, 3.05) is 0 Å². The maximum Gasteiger partial charge on any atom is 0.326 e. The number of carbonyl (C=O) groups excluding carboxylic acids is 2. The molecule has 0 spiro atoms. The van der Waals surface area contributed by atoms with E-state index in [0.717, 1.165) is 0 Å². The lowest BCUT2D eigenvalue weighted by Crippen LogP contribution is -2.41. The number of nitrogens with two attached hydrogens (primary N) is 1. The van der Waals surface area contributed by atoms with E-state index in [9.17, 15) is 14.4 Å². The van der Waals surface area contributed by atoms with E-state index in [0.29, 0.717) is 4.47 Å². The highest BCUT2D eigenvalue weighted by atomic mass is 79.9. The average Bonchev–Trinajstić information content (AvgIpc) is 2.36. The van der Waals surface area contributed by atoms with Crippen molar-refractivity contribution in [3.8, 4) is 0 Å². The Labute approximate surface area is 127 Å². The Balaban J connectivity index is 2.82. The maximum atomic E-state index is 11.9. The molecule has 4 N–H and O–H groups in total. The molecule has 1 heterocycles. The molecule has 108 valence electrons. The Morgan fingerprint density at radius 2 is 2.15 bits per heavy atom. The van der Waals surface area contributed by atoms with Gasteiger partial charge >= 0.3 is 5.97 Å². The van der Waals surface area contributed by atoms with Crippen LogP contribution in [0.4, 0.5) is 0 Å². The van der Waals surface area contributed by atoms with Crippen molar-refractivity contribution >= 4 is 45.3 Å². The second kappa shape index (κ2) is 7.20. The van der Waals surface area contributed by atoms with Crippen molar-refractivity contribution < 1.29 is 19.5 Å². The molecule has 0 bridgehead atoms. The number of aromatic nitrogens is 1. The first-order valence-electron chi connectivity index (χ1n) is 5.44. The number of nitrogens with zero attached hydrogens (tertiary/aromatic N) is 1. The summed E-state index contributed by atoms with van der Waals surface area (Å²) in [6, 6.07) is 0.183. The molecule has 2 amide bonds. The zero-order valence-electron chi connectivity index (χ0n) is 10.1. The summed E-state index contributed by atoms with van der Waals surface area (Å²) in [5.74, 6) is -2.60. The number of hydrogen-bond donors (Lipinski definition) is 3. The maximum absolute atomic E-state index is 11.9. The lowest BCUT2D eigenvalue weighted by atomic mass is 10.1. The highest BCUT2D eigenvalue weighted by Gasteiger charge is 2.22. The van der Waals surface area contributed by atoms with E-state index in [4.69, 9.17) is 22.4 Å². The molecular formula is C11H11BrClN3O4. The Hall–Kier alpha value is -1.67. The van der Waals surface area contributed by atoms with Crippen LogP contribution in [0.5, 0.6) is 0 Å². The molecule has 0 saturated carbocycles. The molecule has 0 unspecified atom stereocenters. The van der Waals surface area contributed by atoms with Crippen LogP contribution in [-0.4, -0.2) is 33.9 Å². The Kier molecular flexibility index (Phi) is 5.90. The topological polar surface area (TPSA) is 122 Å². The first kappa shape index (κ1) is 16.4. The number of primary amides is 1. The van der Waals surface area contributed by atoms with Gasteiger partial charge in [0.25, 0.3) is 5.91 Å². The summed E-state index contributed by atoms with van der Waals surface area (Å²) >= 11 is 8.90. The van der Waals surface area contributed by atoms with Crippen LogP contribution in [0.3, 0.4) is 0 Å². The fraction of sp³-hybridized carbons (Fsp3) is 0.273. The van der Waals surface area contributed by atoms with E-state index in [2.05, 4.69) is 26.2 Å². The standard InChI is InChI=1S/C11H11BrClN3O4/c12-5-3-6(9(13)15-4-5)10(18)16-7(11(19)20)1-2-8(14)17/h3-4,7H,1-2H2,(H2,14,17)(H,16,18)(H,19,20)/t7-/m1/s1. The normalized spacial score (nSPS) is 11.7. The molecule has 0 aliphatic heterocycles. The highest BCUT2D eigenvalue weighted by molar-refractivity contribution is 9.10. The number of halogens is 2. The van der Waals surface area contributed by atoms with Gasteiger partial charge in [0.15, 0.2) is 0 Å². The molecule has 0 aromatic carbocycles. The van der Waals surface area contributed by atoms with E-state index in [1.54, 1.807) is 0 Å². The zero-order valence-corrected chi connectivity index (χ0v) is 12.4. The van der Waals surface area contributed by atoms with Gasteiger partial charge in [-0.05, 0) is 28.4 Å². The van der Waals surface area contributed by atoms with Crippen LogP contribution in [0.25, 0.3) is 0 Å². The predicted octanol–water partition coefficient (Wildman–Crippen LogP) is 0.946. The number of hydrogen-bond acceptors (Lipinski definition) is 4. The number of nitrogens with one attached hydrogen (secondary N) is 1. The molecule has 1 aromatic heterocycles. The zero-order chi connectivity index (χ0) is 15.3. The summed E-state index contributed by atoms with van der Waals surface area (Å²) in [4.78, 5) is 37.4. The quantitative estimate of drug-likeness (QED) is 0.649. The summed E-state index contributed by atoms with van der Waals surface area (Å²) in [6.45, 7) is 0. The van der Waals surface area contributed by atoms with Gasteiger partial charge in [0.2, 0.25) is 5.91 Å². The van der Waals surface area contributed by atoms with Crippen LogP contribution in [0.2, 0.25) is 5.15 Å². The van der Waals surface area contributed by atoms with Gasteiger partial charge in [-0.15, -0.1) is 0 Å². The number of aliphatic carboxylic acids is 1. The van der Waals surface area contributed by atoms with Gasteiger partial charge < -0.3 is 16.2 Å². The van der Waals surface area contributed by atoms with Crippen LogP contribution in [0, 0.1) is 0 Å². The molecule has 1 atom stereocenters. The molecule has 0 saturated heterocycles. The minimum atomic E-state index is -1.27. The van der Waals surface area contributed by atoms with Gasteiger partial charge in [-0.25, -0.2) is 9.78 Å². The minimum Gasteiger partial charge on any atom is -0.480 e. The van der Waals surface area contributed by atoms with Crippen molar-refractivity contribution in [3.05, 3.63) is 27.5 Å². The molecule has 7 nitrogen and oxygen atoms in total. The van der Waals surface area contributed by atoms with Crippen LogP contribution >= 0.6 is 27.5 Å². The molecular weight excluding hydrogens is 353 g/mol. The number of pyridine rings is 1. The van der Waals surface area contributed by atoms with Gasteiger partial charge in [-0.1, -0.05) is 11.6 Å². The molecule has 20 heavy (non-hydrogen) atoms. The number of carboxylic acid groups (broad SMARTS) is 1. The SMILES string of the molecule is NC(=O)CC[C@@H](NC(=O)c1cc(Br)cnc1Cl)C(=O)O. The van der Waals surface area contributed by atoms with Crippen LogP contribution in [0.15, 0.2) is 16.7 Å².